The SMILES string of the molecule is CCOc1cc(C=CCSC(C)=O)ccc1OCc1ccccc1. The van der Waals surface area contributed by atoms with Crippen molar-refractivity contribution in [3.63, 3.8) is 0 Å². The molecule has 0 aliphatic heterocycles. The molecule has 0 heterocycles. The lowest BCUT2D eigenvalue weighted by Gasteiger charge is -2.12. The van der Waals surface area contributed by atoms with Crippen LogP contribution in [0.1, 0.15) is 25.0 Å². The highest BCUT2D eigenvalue weighted by Crippen LogP contribution is 2.29. The molecule has 0 fully saturated rings. The van der Waals surface area contributed by atoms with Crippen LogP contribution >= 0.6 is 11.8 Å². The van der Waals surface area contributed by atoms with Gasteiger partial charge in [0.05, 0.1) is 6.61 Å². The van der Waals surface area contributed by atoms with E-state index in [0.29, 0.717) is 19.0 Å². The van der Waals surface area contributed by atoms with E-state index < -0.39 is 0 Å². The Morgan fingerprint density at radius 1 is 1.08 bits per heavy atom. The maximum atomic E-state index is 10.9. The minimum absolute atomic E-state index is 0.124. The zero-order valence-electron chi connectivity index (χ0n) is 14.0. The highest BCUT2D eigenvalue weighted by Gasteiger charge is 2.06. The van der Waals surface area contributed by atoms with Crippen LogP contribution in [-0.4, -0.2) is 17.5 Å². The molecule has 0 aliphatic carbocycles. The maximum Gasteiger partial charge on any atom is 0.186 e. The van der Waals surface area contributed by atoms with Crippen molar-refractivity contribution in [1.82, 2.24) is 0 Å². The third-order valence-corrected chi connectivity index (χ3v) is 3.96. The van der Waals surface area contributed by atoms with Gasteiger partial charge in [-0.05, 0) is 30.2 Å². The molecule has 0 atom stereocenters. The van der Waals surface area contributed by atoms with Crippen LogP contribution in [0.5, 0.6) is 11.5 Å². The van der Waals surface area contributed by atoms with E-state index in [1.165, 1.54) is 11.8 Å². The summed E-state index contributed by atoms with van der Waals surface area (Å²) >= 11 is 1.29. The minimum atomic E-state index is 0.124. The van der Waals surface area contributed by atoms with Gasteiger partial charge in [0.1, 0.15) is 6.61 Å². The topological polar surface area (TPSA) is 35.5 Å². The Labute approximate surface area is 147 Å². The Kier molecular flexibility index (Phi) is 7.43. The summed E-state index contributed by atoms with van der Waals surface area (Å²) in [5, 5.41) is 0.124. The van der Waals surface area contributed by atoms with Crippen molar-refractivity contribution >= 4 is 23.0 Å². The fraction of sp³-hybridized carbons (Fsp3) is 0.250. The normalized spacial score (nSPS) is 10.8. The van der Waals surface area contributed by atoms with Crippen LogP contribution in [0.3, 0.4) is 0 Å². The van der Waals surface area contributed by atoms with Crippen molar-refractivity contribution in [3.8, 4) is 11.5 Å². The Morgan fingerprint density at radius 3 is 2.58 bits per heavy atom. The van der Waals surface area contributed by atoms with Crippen molar-refractivity contribution in [2.75, 3.05) is 12.4 Å². The molecule has 2 aromatic carbocycles. The van der Waals surface area contributed by atoms with Crippen LogP contribution in [0.4, 0.5) is 0 Å². The summed E-state index contributed by atoms with van der Waals surface area (Å²) in [5.74, 6) is 2.14. The van der Waals surface area contributed by atoms with Gasteiger partial charge in [0, 0.05) is 12.7 Å². The van der Waals surface area contributed by atoms with Gasteiger partial charge in [-0.2, -0.15) is 0 Å². The minimum Gasteiger partial charge on any atom is -0.490 e. The second kappa shape index (κ2) is 9.83. The molecule has 2 aromatic rings. The Bertz CT molecular complexity index is 681. The number of carbonyl (C=O) groups excluding carboxylic acids is 1. The first kappa shape index (κ1) is 18.1. The molecule has 0 saturated carbocycles. The lowest BCUT2D eigenvalue weighted by atomic mass is 10.2. The molecule has 0 amide bonds. The monoisotopic (exact) mass is 342 g/mol. The molecule has 126 valence electrons. The molecule has 24 heavy (non-hydrogen) atoms. The second-order valence-corrected chi connectivity index (χ2v) is 6.32. The van der Waals surface area contributed by atoms with Crippen LogP contribution in [0.2, 0.25) is 0 Å². The van der Waals surface area contributed by atoms with E-state index in [-0.39, 0.29) is 5.12 Å². The molecular weight excluding hydrogens is 320 g/mol. The largest absolute Gasteiger partial charge is 0.490 e. The van der Waals surface area contributed by atoms with Crippen molar-refractivity contribution in [2.45, 2.75) is 20.5 Å². The molecule has 0 unspecified atom stereocenters. The molecule has 0 aromatic heterocycles. The highest BCUT2D eigenvalue weighted by atomic mass is 32.2. The lowest BCUT2D eigenvalue weighted by Crippen LogP contribution is -1.99. The third-order valence-electron chi connectivity index (χ3n) is 3.20. The Balaban J connectivity index is 2.04. The number of ether oxygens (including phenoxy) is 2. The quantitative estimate of drug-likeness (QED) is 0.679. The molecule has 4 heteroatoms. The average molecular weight is 342 g/mol. The predicted molar refractivity (Wildman–Crippen MR) is 101 cm³/mol. The molecule has 0 radical (unpaired) electrons. The molecular formula is C20H22O3S. The number of carbonyl (C=O) groups is 1. The zero-order chi connectivity index (χ0) is 17.2. The second-order valence-electron chi connectivity index (χ2n) is 5.12. The van der Waals surface area contributed by atoms with E-state index in [2.05, 4.69) is 0 Å². The highest BCUT2D eigenvalue weighted by molar-refractivity contribution is 8.13. The van der Waals surface area contributed by atoms with Crippen LogP contribution in [0.15, 0.2) is 54.6 Å². The van der Waals surface area contributed by atoms with Gasteiger partial charge in [-0.3, -0.25) is 4.79 Å². The van der Waals surface area contributed by atoms with E-state index in [1.807, 2.05) is 67.6 Å². The summed E-state index contributed by atoms with van der Waals surface area (Å²) in [4.78, 5) is 10.9. The summed E-state index contributed by atoms with van der Waals surface area (Å²) in [6.45, 7) is 4.61. The fourth-order valence-corrected chi connectivity index (χ4v) is 2.53. The van der Waals surface area contributed by atoms with Gasteiger partial charge < -0.3 is 9.47 Å². The summed E-state index contributed by atoms with van der Waals surface area (Å²) in [7, 11) is 0. The number of benzene rings is 2. The Morgan fingerprint density at radius 2 is 1.88 bits per heavy atom. The summed E-state index contributed by atoms with van der Waals surface area (Å²) in [6.07, 6.45) is 3.96. The molecule has 0 bridgehead atoms. The maximum absolute atomic E-state index is 10.9. The van der Waals surface area contributed by atoms with Crippen LogP contribution in [-0.2, 0) is 11.4 Å². The molecule has 2 rings (SSSR count). The van der Waals surface area contributed by atoms with E-state index in [9.17, 15) is 4.79 Å². The van der Waals surface area contributed by atoms with E-state index >= 15 is 0 Å². The van der Waals surface area contributed by atoms with Gasteiger partial charge in [-0.15, -0.1) is 0 Å². The molecule has 3 nitrogen and oxygen atoms in total. The predicted octanol–water partition coefficient (Wildman–Crippen LogP) is 4.96. The van der Waals surface area contributed by atoms with Gasteiger partial charge in [0.15, 0.2) is 16.6 Å². The average Bonchev–Trinajstić information content (AvgIpc) is 2.59. The standard InChI is InChI=1S/C20H22O3S/c1-3-22-20-14-17(10-7-13-24-16(2)21)11-12-19(20)23-15-18-8-5-4-6-9-18/h4-12,14H,3,13,15H2,1-2H3. The number of hydrogen-bond donors (Lipinski definition) is 0. The van der Waals surface area contributed by atoms with Crippen LogP contribution in [0, 0.1) is 0 Å². The number of hydrogen-bond acceptors (Lipinski definition) is 4. The molecule has 0 aliphatic rings. The number of rotatable bonds is 8. The summed E-state index contributed by atoms with van der Waals surface area (Å²) in [5.41, 5.74) is 2.14. The van der Waals surface area contributed by atoms with Crippen molar-refractivity contribution in [3.05, 3.63) is 65.7 Å². The first-order valence-electron chi connectivity index (χ1n) is 7.92. The third kappa shape index (κ3) is 6.13. The van der Waals surface area contributed by atoms with Gasteiger partial charge in [-0.25, -0.2) is 0 Å². The zero-order valence-corrected chi connectivity index (χ0v) is 14.8. The van der Waals surface area contributed by atoms with Crippen molar-refractivity contribution < 1.29 is 14.3 Å². The molecule has 0 N–H and O–H groups in total. The smallest absolute Gasteiger partial charge is 0.186 e. The first-order chi connectivity index (χ1) is 11.7. The molecule has 0 saturated heterocycles. The summed E-state index contributed by atoms with van der Waals surface area (Å²) < 4.78 is 11.6. The van der Waals surface area contributed by atoms with Gasteiger partial charge in [0.2, 0.25) is 0 Å². The Hall–Kier alpha value is -2.20. The van der Waals surface area contributed by atoms with E-state index in [4.69, 9.17) is 9.47 Å². The van der Waals surface area contributed by atoms with Gasteiger partial charge in [0.25, 0.3) is 0 Å². The number of thioether (sulfide) groups is 1. The van der Waals surface area contributed by atoms with Crippen LogP contribution < -0.4 is 9.47 Å². The first-order valence-corrected chi connectivity index (χ1v) is 8.91. The van der Waals surface area contributed by atoms with Crippen molar-refractivity contribution in [2.24, 2.45) is 0 Å². The van der Waals surface area contributed by atoms with Crippen LogP contribution in [0.25, 0.3) is 6.08 Å². The molecule has 0 spiro atoms. The van der Waals surface area contributed by atoms with E-state index in [0.717, 1.165) is 22.6 Å². The summed E-state index contributed by atoms with van der Waals surface area (Å²) in [6, 6.07) is 15.9. The van der Waals surface area contributed by atoms with Gasteiger partial charge >= 0.3 is 0 Å². The lowest BCUT2D eigenvalue weighted by molar-refractivity contribution is -0.109. The van der Waals surface area contributed by atoms with Crippen molar-refractivity contribution in [1.29, 1.82) is 0 Å². The van der Waals surface area contributed by atoms with E-state index in [1.54, 1.807) is 6.92 Å². The van der Waals surface area contributed by atoms with Gasteiger partial charge in [-0.1, -0.05) is 60.3 Å². The fourth-order valence-electron chi connectivity index (χ4n) is 2.10.